The summed E-state index contributed by atoms with van der Waals surface area (Å²) < 4.78 is 0. The topological polar surface area (TPSA) is 0 Å². The summed E-state index contributed by atoms with van der Waals surface area (Å²) in [5.74, 6) is 2.38. The van der Waals surface area contributed by atoms with Crippen LogP contribution in [0.3, 0.4) is 0 Å². The summed E-state index contributed by atoms with van der Waals surface area (Å²) in [4.78, 5) is 0. The Hall–Kier alpha value is -0.780. The van der Waals surface area contributed by atoms with E-state index < -0.39 is 0 Å². The largest absolute Gasteiger partial charge is 0.0651 e. The number of hydrogen-bond donors (Lipinski definition) is 0. The highest BCUT2D eigenvalue weighted by Crippen LogP contribution is 2.11. The normalized spacial score (nSPS) is 9.72. The van der Waals surface area contributed by atoms with Crippen molar-refractivity contribution in [3.63, 3.8) is 0 Å². The first-order chi connectivity index (χ1) is 8.31. The third-order valence-corrected chi connectivity index (χ3v) is 2.28. The lowest BCUT2D eigenvalue weighted by Gasteiger charge is -2.01. The van der Waals surface area contributed by atoms with Gasteiger partial charge in [0, 0.05) is 0 Å². The lowest BCUT2D eigenvalue weighted by atomic mass is 10.0. The van der Waals surface area contributed by atoms with Crippen molar-refractivity contribution in [3.8, 4) is 0 Å². The van der Waals surface area contributed by atoms with Crippen LogP contribution in [0.5, 0.6) is 0 Å². The summed E-state index contributed by atoms with van der Waals surface area (Å²) in [5.41, 5.74) is 1.41. The van der Waals surface area contributed by atoms with Crippen molar-refractivity contribution >= 4 is 0 Å². The lowest BCUT2D eigenvalue weighted by Crippen LogP contribution is -1.83. The molecular weight excluding hydrogens is 216 g/mol. The van der Waals surface area contributed by atoms with Crippen molar-refractivity contribution < 1.29 is 0 Å². The summed E-state index contributed by atoms with van der Waals surface area (Å²) in [6.45, 7) is 17.6. The molecule has 106 valence electrons. The number of hydrogen-bond acceptors (Lipinski definition) is 0. The van der Waals surface area contributed by atoms with E-state index in [1.54, 1.807) is 0 Å². The van der Waals surface area contributed by atoms with Crippen molar-refractivity contribution in [2.24, 2.45) is 11.8 Å². The van der Waals surface area contributed by atoms with Gasteiger partial charge in [0.25, 0.3) is 0 Å². The van der Waals surface area contributed by atoms with E-state index in [4.69, 9.17) is 0 Å². The summed E-state index contributed by atoms with van der Waals surface area (Å²) in [6, 6.07) is 10.5. The van der Waals surface area contributed by atoms with Crippen molar-refractivity contribution in [2.45, 2.75) is 67.7 Å². The standard InChI is InChI=1S/C9H12.C5H12.C4H10/c1-8(2)9-6-4-3-5-7-9;1-4-5(2)3;1-4(2)3/h3-8H,1-2H3;5H,4H2,1-3H3;4H,1-3H3. The van der Waals surface area contributed by atoms with E-state index >= 15 is 0 Å². The Morgan fingerprint density at radius 1 is 0.778 bits per heavy atom. The van der Waals surface area contributed by atoms with E-state index in [1.807, 2.05) is 6.07 Å². The molecule has 0 amide bonds. The third kappa shape index (κ3) is 17.6. The van der Waals surface area contributed by atoms with Crippen LogP contribution in [0.25, 0.3) is 0 Å². The second-order valence-corrected chi connectivity index (χ2v) is 6.10. The summed E-state index contributed by atoms with van der Waals surface area (Å²) in [5, 5.41) is 0. The molecule has 1 rings (SSSR count). The molecule has 1 aromatic carbocycles. The molecule has 0 atom stereocenters. The maximum Gasteiger partial charge on any atom is -0.0219 e. The molecule has 0 heteroatoms. The van der Waals surface area contributed by atoms with Crippen LogP contribution in [-0.2, 0) is 0 Å². The second-order valence-electron chi connectivity index (χ2n) is 6.10. The van der Waals surface area contributed by atoms with Gasteiger partial charge >= 0.3 is 0 Å². The predicted octanol–water partition coefficient (Wildman–Crippen LogP) is 6.52. The van der Waals surface area contributed by atoms with Crippen LogP contribution in [0, 0.1) is 11.8 Å². The highest BCUT2D eigenvalue weighted by atomic mass is 14.0. The van der Waals surface area contributed by atoms with E-state index in [2.05, 4.69) is 79.7 Å². The molecule has 0 saturated heterocycles. The first-order valence-corrected chi connectivity index (χ1v) is 7.36. The van der Waals surface area contributed by atoms with Crippen molar-refractivity contribution in [1.29, 1.82) is 0 Å². The van der Waals surface area contributed by atoms with Crippen LogP contribution in [0.15, 0.2) is 30.3 Å². The summed E-state index contributed by atoms with van der Waals surface area (Å²) in [7, 11) is 0. The summed E-state index contributed by atoms with van der Waals surface area (Å²) >= 11 is 0. The van der Waals surface area contributed by atoms with Crippen molar-refractivity contribution in [2.75, 3.05) is 0 Å². The fourth-order valence-electron chi connectivity index (χ4n) is 0.838. The maximum atomic E-state index is 2.22. The predicted molar refractivity (Wildman–Crippen MR) is 86.2 cm³/mol. The van der Waals surface area contributed by atoms with Gasteiger partial charge in [0.15, 0.2) is 0 Å². The first-order valence-electron chi connectivity index (χ1n) is 7.36. The van der Waals surface area contributed by atoms with E-state index in [-0.39, 0.29) is 0 Å². The van der Waals surface area contributed by atoms with Crippen LogP contribution < -0.4 is 0 Å². The van der Waals surface area contributed by atoms with Gasteiger partial charge in [-0.05, 0) is 23.3 Å². The van der Waals surface area contributed by atoms with Crippen LogP contribution >= 0.6 is 0 Å². The highest BCUT2D eigenvalue weighted by molar-refractivity contribution is 5.17. The highest BCUT2D eigenvalue weighted by Gasteiger charge is 1.93. The van der Waals surface area contributed by atoms with Crippen molar-refractivity contribution in [3.05, 3.63) is 35.9 Å². The van der Waals surface area contributed by atoms with E-state index in [9.17, 15) is 0 Å². The molecule has 0 saturated carbocycles. The van der Waals surface area contributed by atoms with Gasteiger partial charge in [-0.1, -0.05) is 92.1 Å². The minimum absolute atomic E-state index is 0.659. The Morgan fingerprint density at radius 2 is 1.11 bits per heavy atom. The van der Waals surface area contributed by atoms with Gasteiger partial charge < -0.3 is 0 Å². The molecule has 0 aliphatic rings. The molecular formula is C18H34. The smallest absolute Gasteiger partial charge is 0.0219 e. The number of benzene rings is 1. The fourth-order valence-corrected chi connectivity index (χ4v) is 0.838. The SMILES string of the molecule is CC(C)C.CC(C)c1ccccc1.CCC(C)C. The molecule has 0 aliphatic carbocycles. The Labute approximate surface area is 116 Å². The van der Waals surface area contributed by atoms with E-state index in [0.29, 0.717) is 5.92 Å². The molecule has 0 heterocycles. The van der Waals surface area contributed by atoms with E-state index in [0.717, 1.165) is 11.8 Å². The lowest BCUT2D eigenvalue weighted by molar-refractivity contribution is 0.626. The average molecular weight is 250 g/mol. The van der Waals surface area contributed by atoms with Gasteiger partial charge in [-0.25, -0.2) is 0 Å². The van der Waals surface area contributed by atoms with Gasteiger partial charge in [-0.15, -0.1) is 0 Å². The monoisotopic (exact) mass is 250 g/mol. The molecule has 0 spiro atoms. The molecule has 0 aromatic heterocycles. The van der Waals surface area contributed by atoms with Crippen LogP contribution in [0.2, 0.25) is 0 Å². The fraction of sp³-hybridized carbons (Fsp3) is 0.667. The molecule has 0 radical (unpaired) electrons. The Kier molecular flexibility index (Phi) is 13.8. The molecule has 0 nitrogen and oxygen atoms in total. The van der Waals surface area contributed by atoms with Crippen LogP contribution in [-0.4, -0.2) is 0 Å². The second kappa shape index (κ2) is 12.7. The maximum absolute atomic E-state index is 2.22. The van der Waals surface area contributed by atoms with E-state index in [1.165, 1.54) is 12.0 Å². The Balaban J connectivity index is 0. The molecule has 0 unspecified atom stereocenters. The van der Waals surface area contributed by atoms with Gasteiger partial charge in [0.2, 0.25) is 0 Å². The molecule has 0 N–H and O–H groups in total. The molecule has 0 bridgehead atoms. The Morgan fingerprint density at radius 3 is 1.28 bits per heavy atom. The average Bonchev–Trinajstić information content (AvgIpc) is 2.30. The van der Waals surface area contributed by atoms with Crippen molar-refractivity contribution in [1.82, 2.24) is 0 Å². The number of rotatable bonds is 2. The minimum atomic E-state index is 0.659. The molecule has 0 aliphatic heterocycles. The quantitative estimate of drug-likeness (QED) is 0.560. The molecule has 0 fully saturated rings. The third-order valence-electron chi connectivity index (χ3n) is 2.28. The van der Waals surface area contributed by atoms with Gasteiger partial charge in [0.05, 0.1) is 0 Å². The zero-order chi connectivity index (χ0) is 14.6. The molecule has 1 aromatic rings. The molecule has 18 heavy (non-hydrogen) atoms. The van der Waals surface area contributed by atoms with Gasteiger partial charge in [0.1, 0.15) is 0 Å². The van der Waals surface area contributed by atoms with Crippen LogP contribution in [0.4, 0.5) is 0 Å². The first kappa shape index (κ1) is 19.6. The summed E-state index contributed by atoms with van der Waals surface area (Å²) in [6.07, 6.45) is 1.31. The van der Waals surface area contributed by atoms with Crippen LogP contribution in [0.1, 0.15) is 73.3 Å². The zero-order valence-electron chi connectivity index (χ0n) is 13.8. The Bertz CT molecular complexity index is 241. The van der Waals surface area contributed by atoms with Gasteiger partial charge in [-0.2, -0.15) is 0 Å². The minimum Gasteiger partial charge on any atom is -0.0651 e. The van der Waals surface area contributed by atoms with Gasteiger partial charge in [-0.3, -0.25) is 0 Å². The zero-order valence-corrected chi connectivity index (χ0v) is 13.8.